The van der Waals surface area contributed by atoms with E-state index in [1.165, 1.54) is 7.11 Å². The average Bonchev–Trinajstić information content (AvgIpc) is 2.08. The van der Waals surface area contributed by atoms with Crippen molar-refractivity contribution in [2.45, 2.75) is 19.3 Å². The zero-order valence-corrected chi connectivity index (χ0v) is 8.56. The monoisotopic (exact) mass is 205 g/mol. The summed E-state index contributed by atoms with van der Waals surface area (Å²) in [5, 5.41) is 0. The molecule has 1 aliphatic heterocycles. The maximum absolute atomic E-state index is 11.3. The Morgan fingerprint density at radius 3 is 2.54 bits per heavy atom. The summed E-state index contributed by atoms with van der Waals surface area (Å²) in [4.78, 5) is 10.9. The molecule has 1 fully saturated rings. The molecule has 76 valence electrons. The van der Waals surface area contributed by atoms with Gasteiger partial charge in [-0.05, 0) is 18.8 Å². The van der Waals surface area contributed by atoms with Gasteiger partial charge in [0, 0.05) is 27.7 Å². The Bertz CT molecular complexity index is 270. The minimum Gasteiger partial charge on any atom is -0.469 e. The van der Waals surface area contributed by atoms with Crippen LogP contribution in [0, 0.1) is 10.7 Å². The van der Waals surface area contributed by atoms with Crippen molar-refractivity contribution in [1.82, 2.24) is 0 Å². The van der Waals surface area contributed by atoms with Crippen LogP contribution >= 0.6 is 0 Å². The Balaban J connectivity index is 2.38. The van der Waals surface area contributed by atoms with E-state index < -0.39 is 9.73 Å². The molecule has 1 heterocycles. The van der Waals surface area contributed by atoms with E-state index in [0.717, 1.165) is 12.8 Å². The molecule has 13 heavy (non-hydrogen) atoms. The lowest BCUT2D eigenvalue weighted by Gasteiger charge is -2.22. The van der Waals surface area contributed by atoms with E-state index >= 15 is 0 Å². The van der Waals surface area contributed by atoms with Crippen LogP contribution in [0.1, 0.15) is 19.3 Å². The van der Waals surface area contributed by atoms with Crippen LogP contribution in [-0.4, -0.2) is 28.8 Å². The summed E-state index contributed by atoms with van der Waals surface area (Å²) in [6, 6.07) is 0. The largest absolute Gasteiger partial charge is 0.469 e. The Labute approximate surface area is 78.6 Å². The van der Waals surface area contributed by atoms with Crippen LogP contribution in [0.5, 0.6) is 0 Å². The Hall–Kier alpha value is -0.580. The molecule has 0 radical (unpaired) electrons. The summed E-state index contributed by atoms with van der Waals surface area (Å²) in [6.45, 7) is 0. The van der Waals surface area contributed by atoms with E-state index in [9.17, 15) is 9.00 Å². The minimum absolute atomic E-state index is 0.205. The number of carbonyl (C=O) groups excluding carboxylic acids is 1. The summed E-state index contributed by atoms with van der Waals surface area (Å²) < 4.78 is 23.2. The van der Waals surface area contributed by atoms with E-state index in [1.54, 1.807) is 0 Å². The van der Waals surface area contributed by atoms with E-state index in [-0.39, 0.29) is 11.9 Å². The highest BCUT2D eigenvalue weighted by atomic mass is 32.2. The fraction of sp³-hybridized carbons (Fsp3) is 0.875. The van der Waals surface area contributed by atoms with Gasteiger partial charge in [0.1, 0.15) is 0 Å². The number of esters is 1. The van der Waals surface area contributed by atoms with Crippen molar-refractivity contribution in [2.75, 3.05) is 18.6 Å². The van der Waals surface area contributed by atoms with Gasteiger partial charge < -0.3 is 4.74 Å². The van der Waals surface area contributed by atoms with Crippen LogP contribution < -0.4 is 0 Å². The molecule has 0 aliphatic carbocycles. The van der Waals surface area contributed by atoms with E-state index in [2.05, 4.69) is 4.74 Å². The number of hydrogen-bond donors (Lipinski definition) is 1. The molecule has 1 saturated heterocycles. The zero-order chi connectivity index (χ0) is 9.90. The number of hydrogen-bond acceptors (Lipinski definition) is 4. The first-order chi connectivity index (χ1) is 6.03. The molecule has 4 nitrogen and oxygen atoms in total. The molecule has 5 heteroatoms. The second kappa shape index (κ2) is 4.09. The van der Waals surface area contributed by atoms with Crippen molar-refractivity contribution in [2.24, 2.45) is 5.92 Å². The highest BCUT2D eigenvalue weighted by Crippen LogP contribution is 2.22. The number of carbonyl (C=O) groups is 1. The molecule has 1 N–H and O–H groups in total. The summed E-state index contributed by atoms with van der Waals surface area (Å²) in [6.07, 6.45) is 1.85. The molecular formula is C8H15NO3S. The topological polar surface area (TPSA) is 67.2 Å². The summed E-state index contributed by atoms with van der Waals surface area (Å²) >= 11 is 0. The van der Waals surface area contributed by atoms with E-state index in [1.807, 2.05) is 0 Å². The third kappa shape index (κ3) is 3.34. The number of ether oxygens (including phenoxy) is 1. The second-order valence-corrected chi connectivity index (χ2v) is 5.88. The first-order valence-corrected chi connectivity index (χ1v) is 6.24. The average molecular weight is 205 g/mol. The van der Waals surface area contributed by atoms with Gasteiger partial charge in [0.15, 0.2) is 0 Å². The highest BCUT2D eigenvalue weighted by molar-refractivity contribution is 7.92. The zero-order valence-electron chi connectivity index (χ0n) is 7.75. The lowest BCUT2D eigenvalue weighted by molar-refractivity contribution is -0.141. The maximum Gasteiger partial charge on any atom is 0.305 e. The Morgan fingerprint density at radius 1 is 1.54 bits per heavy atom. The van der Waals surface area contributed by atoms with Gasteiger partial charge in [0.2, 0.25) is 0 Å². The molecular weight excluding hydrogens is 190 g/mol. The standard InChI is InChI=1S/C8H15NO3S/c1-12-8(10)6-7-2-4-13(9,11)5-3-7/h7,9H,2-6H2,1H3. The van der Waals surface area contributed by atoms with Gasteiger partial charge in [-0.2, -0.15) is 0 Å². The number of nitrogens with one attached hydrogen (secondary N) is 1. The van der Waals surface area contributed by atoms with Gasteiger partial charge in [0.25, 0.3) is 0 Å². The van der Waals surface area contributed by atoms with Crippen LogP contribution in [-0.2, 0) is 19.3 Å². The Kier molecular flexibility index (Phi) is 3.30. The minimum atomic E-state index is -2.31. The SMILES string of the molecule is COC(=O)CC1CCS(=N)(=O)CC1. The quantitative estimate of drug-likeness (QED) is 0.684. The van der Waals surface area contributed by atoms with Crippen molar-refractivity contribution in [1.29, 1.82) is 4.78 Å². The second-order valence-electron chi connectivity index (χ2n) is 3.44. The van der Waals surface area contributed by atoms with Crippen molar-refractivity contribution in [3.63, 3.8) is 0 Å². The van der Waals surface area contributed by atoms with Crippen LogP contribution in [0.4, 0.5) is 0 Å². The fourth-order valence-electron chi connectivity index (χ4n) is 1.48. The van der Waals surface area contributed by atoms with Crippen LogP contribution in [0.15, 0.2) is 0 Å². The first-order valence-electron chi connectivity index (χ1n) is 4.34. The third-order valence-electron chi connectivity index (χ3n) is 2.39. The molecule has 1 rings (SSSR count). The van der Waals surface area contributed by atoms with Gasteiger partial charge in [-0.3, -0.25) is 9.57 Å². The molecule has 0 saturated carbocycles. The van der Waals surface area contributed by atoms with Crippen LogP contribution in [0.2, 0.25) is 0 Å². The van der Waals surface area contributed by atoms with Gasteiger partial charge in [-0.15, -0.1) is 0 Å². The fourth-order valence-corrected chi connectivity index (χ4v) is 3.12. The van der Waals surface area contributed by atoms with E-state index in [0.29, 0.717) is 17.9 Å². The molecule has 0 spiro atoms. The molecule has 0 unspecified atom stereocenters. The number of methoxy groups -OCH3 is 1. The van der Waals surface area contributed by atoms with Gasteiger partial charge in [-0.25, -0.2) is 4.21 Å². The smallest absolute Gasteiger partial charge is 0.305 e. The molecule has 0 amide bonds. The molecule has 0 aromatic carbocycles. The van der Waals surface area contributed by atoms with E-state index in [4.69, 9.17) is 4.78 Å². The van der Waals surface area contributed by atoms with Crippen molar-refractivity contribution < 1.29 is 13.7 Å². The van der Waals surface area contributed by atoms with Crippen molar-refractivity contribution in [3.8, 4) is 0 Å². The van der Waals surface area contributed by atoms with Gasteiger partial charge in [-0.1, -0.05) is 0 Å². The predicted molar refractivity (Wildman–Crippen MR) is 50.0 cm³/mol. The molecule has 1 aliphatic rings. The third-order valence-corrected chi connectivity index (χ3v) is 4.19. The summed E-state index contributed by atoms with van der Waals surface area (Å²) in [5.74, 6) is 0.944. The lowest BCUT2D eigenvalue weighted by Crippen LogP contribution is -2.24. The summed E-state index contributed by atoms with van der Waals surface area (Å²) in [5.41, 5.74) is 0. The normalized spacial score (nSPS) is 34.1. The molecule has 0 bridgehead atoms. The maximum atomic E-state index is 11.3. The van der Waals surface area contributed by atoms with Crippen molar-refractivity contribution in [3.05, 3.63) is 0 Å². The first kappa shape index (κ1) is 10.5. The summed E-state index contributed by atoms with van der Waals surface area (Å²) in [7, 11) is -0.937. The predicted octanol–water partition coefficient (Wildman–Crippen LogP) is 1.01. The molecule has 0 atom stereocenters. The molecule has 0 aromatic rings. The van der Waals surface area contributed by atoms with Gasteiger partial charge in [0.05, 0.1) is 7.11 Å². The molecule has 0 aromatic heterocycles. The number of rotatable bonds is 2. The van der Waals surface area contributed by atoms with Gasteiger partial charge >= 0.3 is 5.97 Å². The van der Waals surface area contributed by atoms with Crippen LogP contribution in [0.3, 0.4) is 0 Å². The lowest BCUT2D eigenvalue weighted by atomic mass is 9.99. The highest BCUT2D eigenvalue weighted by Gasteiger charge is 2.23. The van der Waals surface area contributed by atoms with Crippen molar-refractivity contribution >= 4 is 15.7 Å². The Morgan fingerprint density at radius 2 is 2.08 bits per heavy atom. The van der Waals surface area contributed by atoms with Crippen LogP contribution in [0.25, 0.3) is 0 Å².